The maximum atomic E-state index is 6.39. The molecule has 17 heavy (non-hydrogen) atoms. The number of aryl methyl sites for hydroxylation is 1. The Morgan fingerprint density at radius 3 is 2.88 bits per heavy atom. The van der Waals surface area contributed by atoms with Gasteiger partial charge in [-0.2, -0.15) is 4.98 Å². The summed E-state index contributed by atoms with van der Waals surface area (Å²) in [7, 11) is 0. The highest BCUT2D eigenvalue weighted by molar-refractivity contribution is 5.09. The third-order valence-corrected chi connectivity index (χ3v) is 3.44. The number of aromatic nitrogens is 2. The van der Waals surface area contributed by atoms with Gasteiger partial charge in [0.1, 0.15) is 0 Å². The first kappa shape index (κ1) is 12.5. The van der Waals surface area contributed by atoms with Gasteiger partial charge in [-0.25, -0.2) is 0 Å². The molecule has 2 rings (SSSR count). The van der Waals surface area contributed by atoms with Crippen molar-refractivity contribution in [2.75, 3.05) is 13.1 Å². The van der Waals surface area contributed by atoms with Crippen LogP contribution in [0.3, 0.4) is 0 Å². The standard InChI is InChI=1S/C12H22N4O/c1-4-5-10-14-11(15-17-10)12(13)6-7-16(8-12)9(2)3/h9H,4-8,13H2,1-3H3. The van der Waals surface area contributed by atoms with Crippen LogP contribution in [0.4, 0.5) is 0 Å². The maximum absolute atomic E-state index is 6.39. The summed E-state index contributed by atoms with van der Waals surface area (Å²) in [5.41, 5.74) is 5.96. The van der Waals surface area contributed by atoms with Crippen molar-refractivity contribution >= 4 is 0 Å². The molecule has 2 N–H and O–H groups in total. The van der Waals surface area contributed by atoms with E-state index in [2.05, 4.69) is 35.8 Å². The lowest BCUT2D eigenvalue weighted by Crippen LogP contribution is -2.42. The van der Waals surface area contributed by atoms with Gasteiger partial charge in [-0.3, -0.25) is 4.90 Å². The Morgan fingerprint density at radius 2 is 2.29 bits per heavy atom. The predicted molar refractivity (Wildman–Crippen MR) is 65.5 cm³/mol. The Balaban J connectivity index is 2.10. The number of nitrogens with two attached hydrogens (primary N) is 1. The molecule has 1 aliphatic rings. The molecule has 5 nitrogen and oxygen atoms in total. The van der Waals surface area contributed by atoms with E-state index in [0.29, 0.717) is 17.8 Å². The van der Waals surface area contributed by atoms with Gasteiger partial charge in [-0.15, -0.1) is 0 Å². The van der Waals surface area contributed by atoms with Crippen molar-refractivity contribution < 1.29 is 4.52 Å². The second kappa shape index (κ2) is 4.74. The first-order chi connectivity index (χ1) is 8.05. The van der Waals surface area contributed by atoms with Crippen LogP contribution in [0.25, 0.3) is 0 Å². The SMILES string of the molecule is CCCc1nc(C2(N)CCN(C(C)C)C2)no1. The Bertz CT molecular complexity index is 376. The van der Waals surface area contributed by atoms with Crippen LogP contribution in [0.5, 0.6) is 0 Å². The fourth-order valence-corrected chi connectivity index (χ4v) is 2.26. The Hall–Kier alpha value is -0.940. The minimum absolute atomic E-state index is 0.431. The summed E-state index contributed by atoms with van der Waals surface area (Å²) in [6.07, 6.45) is 2.74. The Morgan fingerprint density at radius 1 is 1.53 bits per heavy atom. The Kier molecular flexibility index (Phi) is 3.49. The van der Waals surface area contributed by atoms with Crippen LogP contribution in [0.2, 0.25) is 0 Å². The first-order valence-corrected chi connectivity index (χ1v) is 6.41. The molecule has 0 bridgehead atoms. The van der Waals surface area contributed by atoms with Crippen LogP contribution in [0.1, 0.15) is 45.3 Å². The number of likely N-dealkylation sites (tertiary alicyclic amines) is 1. The fraction of sp³-hybridized carbons (Fsp3) is 0.833. The van der Waals surface area contributed by atoms with Crippen LogP contribution in [0.15, 0.2) is 4.52 Å². The number of rotatable bonds is 4. The molecule has 1 aromatic rings. The zero-order valence-corrected chi connectivity index (χ0v) is 10.9. The van der Waals surface area contributed by atoms with Gasteiger partial charge in [0.05, 0.1) is 5.54 Å². The molecular weight excluding hydrogens is 216 g/mol. The Labute approximate surface area is 102 Å². The van der Waals surface area contributed by atoms with E-state index in [-0.39, 0.29) is 0 Å². The van der Waals surface area contributed by atoms with E-state index in [1.165, 1.54) is 0 Å². The lowest BCUT2D eigenvalue weighted by Gasteiger charge is -2.23. The molecule has 1 aliphatic heterocycles. The van der Waals surface area contributed by atoms with Crippen LogP contribution in [0, 0.1) is 0 Å². The van der Waals surface area contributed by atoms with E-state index in [1.54, 1.807) is 0 Å². The number of hydrogen-bond donors (Lipinski definition) is 1. The van der Waals surface area contributed by atoms with E-state index in [1.807, 2.05) is 0 Å². The van der Waals surface area contributed by atoms with Crippen molar-refractivity contribution in [1.82, 2.24) is 15.0 Å². The van der Waals surface area contributed by atoms with Gasteiger partial charge in [-0.05, 0) is 26.7 Å². The van der Waals surface area contributed by atoms with E-state index >= 15 is 0 Å². The smallest absolute Gasteiger partial charge is 0.226 e. The largest absolute Gasteiger partial charge is 0.339 e. The summed E-state index contributed by atoms with van der Waals surface area (Å²) < 4.78 is 5.22. The zero-order valence-electron chi connectivity index (χ0n) is 10.9. The molecule has 1 atom stereocenters. The third kappa shape index (κ3) is 2.50. The van der Waals surface area contributed by atoms with E-state index in [0.717, 1.165) is 32.4 Å². The van der Waals surface area contributed by atoms with Crippen molar-refractivity contribution in [3.05, 3.63) is 11.7 Å². The molecular formula is C12H22N4O. The van der Waals surface area contributed by atoms with Crippen molar-refractivity contribution in [2.45, 2.75) is 51.6 Å². The van der Waals surface area contributed by atoms with E-state index in [9.17, 15) is 0 Å². The second-order valence-corrected chi connectivity index (χ2v) is 5.23. The highest BCUT2D eigenvalue weighted by Crippen LogP contribution is 2.28. The van der Waals surface area contributed by atoms with Gasteiger partial charge in [0.15, 0.2) is 5.82 Å². The molecule has 96 valence electrons. The highest BCUT2D eigenvalue weighted by atomic mass is 16.5. The molecule has 0 aliphatic carbocycles. The molecule has 1 unspecified atom stereocenters. The van der Waals surface area contributed by atoms with Gasteiger partial charge in [0, 0.05) is 25.6 Å². The summed E-state index contributed by atoms with van der Waals surface area (Å²) in [5, 5.41) is 4.04. The monoisotopic (exact) mass is 238 g/mol. The minimum Gasteiger partial charge on any atom is -0.339 e. The average molecular weight is 238 g/mol. The van der Waals surface area contributed by atoms with Gasteiger partial charge < -0.3 is 10.3 Å². The molecule has 0 amide bonds. The average Bonchev–Trinajstić information content (AvgIpc) is 2.86. The fourth-order valence-electron chi connectivity index (χ4n) is 2.26. The van der Waals surface area contributed by atoms with Gasteiger partial charge in [0.25, 0.3) is 0 Å². The predicted octanol–water partition coefficient (Wildman–Crippen LogP) is 1.29. The normalized spacial score (nSPS) is 25.9. The van der Waals surface area contributed by atoms with Crippen LogP contribution in [-0.2, 0) is 12.0 Å². The summed E-state index contributed by atoms with van der Waals surface area (Å²) in [6, 6.07) is 0.516. The number of nitrogens with zero attached hydrogens (tertiary/aromatic N) is 3. The molecule has 1 aromatic heterocycles. The molecule has 1 fully saturated rings. The first-order valence-electron chi connectivity index (χ1n) is 6.41. The van der Waals surface area contributed by atoms with Gasteiger partial charge >= 0.3 is 0 Å². The second-order valence-electron chi connectivity index (χ2n) is 5.23. The van der Waals surface area contributed by atoms with Crippen LogP contribution in [-0.4, -0.2) is 34.2 Å². The zero-order chi connectivity index (χ0) is 12.5. The molecule has 2 heterocycles. The van der Waals surface area contributed by atoms with Gasteiger partial charge in [0.2, 0.25) is 5.89 Å². The lowest BCUT2D eigenvalue weighted by molar-refractivity contribution is 0.252. The lowest BCUT2D eigenvalue weighted by atomic mass is 9.99. The summed E-state index contributed by atoms with van der Waals surface area (Å²) in [4.78, 5) is 6.78. The maximum Gasteiger partial charge on any atom is 0.226 e. The molecule has 0 spiro atoms. The molecule has 1 saturated heterocycles. The molecule has 0 aromatic carbocycles. The number of hydrogen-bond acceptors (Lipinski definition) is 5. The van der Waals surface area contributed by atoms with Crippen molar-refractivity contribution in [2.24, 2.45) is 5.73 Å². The molecule has 0 radical (unpaired) electrons. The summed E-state index contributed by atoms with van der Waals surface area (Å²) >= 11 is 0. The summed E-state index contributed by atoms with van der Waals surface area (Å²) in [5.74, 6) is 1.37. The third-order valence-electron chi connectivity index (χ3n) is 3.44. The van der Waals surface area contributed by atoms with E-state index in [4.69, 9.17) is 10.3 Å². The van der Waals surface area contributed by atoms with Crippen molar-refractivity contribution in [3.63, 3.8) is 0 Å². The minimum atomic E-state index is -0.431. The molecule has 0 saturated carbocycles. The highest BCUT2D eigenvalue weighted by Gasteiger charge is 2.40. The molecule has 5 heteroatoms. The van der Waals surface area contributed by atoms with Crippen LogP contribution < -0.4 is 5.73 Å². The quantitative estimate of drug-likeness (QED) is 0.856. The topological polar surface area (TPSA) is 68.2 Å². The van der Waals surface area contributed by atoms with Crippen LogP contribution >= 0.6 is 0 Å². The van der Waals surface area contributed by atoms with Gasteiger partial charge in [-0.1, -0.05) is 12.1 Å². The van der Waals surface area contributed by atoms with E-state index < -0.39 is 5.54 Å². The van der Waals surface area contributed by atoms with Crippen molar-refractivity contribution in [1.29, 1.82) is 0 Å². The summed E-state index contributed by atoms with van der Waals surface area (Å²) in [6.45, 7) is 8.29. The van der Waals surface area contributed by atoms with Crippen molar-refractivity contribution in [3.8, 4) is 0 Å².